The van der Waals surface area contributed by atoms with E-state index in [2.05, 4.69) is 29.4 Å². The van der Waals surface area contributed by atoms with Gasteiger partial charge in [-0.05, 0) is 18.5 Å². The number of nitrogens with one attached hydrogen (secondary N) is 1. The maximum atomic E-state index is 5.65. The van der Waals surface area contributed by atoms with Crippen LogP contribution in [0.25, 0.3) is 0 Å². The Balaban J connectivity index is 1.71. The Bertz CT molecular complexity index is 467. The van der Waals surface area contributed by atoms with Crippen molar-refractivity contribution < 1.29 is 4.74 Å². The second kappa shape index (κ2) is 7.71. The molecule has 0 fully saturated rings. The van der Waals surface area contributed by atoms with Crippen molar-refractivity contribution in [2.24, 2.45) is 0 Å². The Morgan fingerprint density at radius 1 is 1.26 bits per heavy atom. The second-order valence-electron chi connectivity index (χ2n) is 4.52. The monoisotopic (exact) mass is 259 g/mol. The van der Waals surface area contributed by atoms with Crippen LogP contribution in [0, 0.1) is 0 Å². The largest absolute Gasteiger partial charge is 0.356 e. The third-order valence-corrected chi connectivity index (χ3v) is 2.77. The Hall–Kier alpha value is -1.65. The normalized spacial score (nSPS) is 10.8. The smallest absolute Gasteiger partial charge is 0.124 e. The number of aromatic nitrogens is 2. The molecular formula is C15H21N3O. The van der Waals surface area contributed by atoms with E-state index in [4.69, 9.17) is 4.74 Å². The van der Waals surface area contributed by atoms with Crippen LogP contribution < -0.4 is 5.32 Å². The van der Waals surface area contributed by atoms with Gasteiger partial charge in [0, 0.05) is 12.7 Å². The molecule has 1 aromatic carbocycles. The van der Waals surface area contributed by atoms with Crippen LogP contribution in [0.15, 0.2) is 42.9 Å². The maximum absolute atomic E-state index is 5.65. The average Bonchev–Trinajstić information content (AvgIpc) is 2.88. The first kappa shape index (κ1) is 13.8. The third kappa shape index (κ3) is 4.85. The summed E-state index contributed by atoms with van der Waals surface area (Å²) >= 11 is 0. The second-order valence-corrected chi connectivity index (χ2v) is 4.52. The van der Waals surface area contributed by atoms with Gasteiger partial charge in [-0.3, -0.25) is 0 Å². The van der Waals surface area contributed by atoms with Crippen molar-refractivity contribution in [2.75, 3.05) is 6.54 Å². The molecule has 1 aromatic heterocycles. The zero-order valence-corrected chi connectivity index (χ0v) is 11.4. The highest BCUT2D eigenvalue weighted by molar-refractivity contribution is 5.13. The van der Waals surface area contributed by atoms with Gasteiger partial charge in [0.05, 0.1) is 18.6 Å². The number of nitrogens with zero attached hydrogens (tertiary/aromatic N) is 2. The van der Waals surface area contributed by atoms with E-state index >= 15 is 0 Å². The summed E-state index contributed by atoms with van der Waals surface area (Å²) in [6, 6.07) is 10.2. The lowest BCUT2D eigenvalue weighted by atomic mass is 10.2. The predicted octanol–water partition coefficient (Wildman–Crippen LogP) is 2.56. The highest BCUT2D eigenvalue weighted by Gasteiger charge is 1.98. The lowest BCUT2D eigenvalue weighted by Crippen LogP contribution is -2.13. The zero-order valence-electron chi connectivity index (χ0n) is 11.4. The van der Waals surface area contributed by atoms with Crippen molar-refractivity contribution in [3.63, 3.8) is 0 Å². The van der Waals surface area contributed by atoms with Gasteiger partial charge >= 0.3 is 0 Å². The van der Waals surface area contributed by atoms with Gasteiger partial charge in [0.15, 0.2) is 0 Å². The number of benzene rings is 1. The van der Waals surface area contributed by atoms with Gasteiger partial charge in [-0.25, -0.2) is 4.98 Å². The standard InChI is InChI=1S/C15H21N3O/c1-2-8-16-9-15-10-18(12-17-15)13-19-11-14-6-4-3-5-7-14/h3-7,10,12,16H,2,8-9,11,13H2,1H3. The topological polar surface area (TPSA) is 39.1 Å². The molecule has 0 aliphatic heterocycles. The average molecular weight is 259 g/mol. The number of hydrogen-bond donors (Lipinski definition) is 1. The number of hydrogen-bond acceptors (Lipinski definition) is 3. The minimum atomic E-state index is 0.537. The molecule has 0 aliphatic carbocycles. The molecule has 1 heterocycles. The van der Waals surface area contributed by atoms with E-state index in [0.717, 1.165) is 25.2 Å². The van der Waals surface area contributed by atoms with E-state index in [1.165, 1.54) is 5.56 Å². The Kier molecular flexibility index (Phi) is 5.59. The Morgan fingerprint density at radius 3 is 2.89 bits per heavy atom. The van der Waals surface area contributed by atoms with Gasteiger partial charge in [-0.1, -0.05) is 37.3 Å². The number of ether oxygens (including phenoxy) is 1. The molecule has 0 atom stereocenters. The quantitative estimate of drug-likeness (QED) is 0.741. The van der Waals surface area contributed by atoms with Gasteiger partial charge in [0.25, 0.3) is 0 Å². The van der Waals surface area contributed by atoms with Crippen molar-refractivity contribution >= 4 is 0 Å². The fraction of sp³-hybridized carbons (Fsp3) is 0.400. The molecule has 0 radical (unpaired) electrons. The lowest BCUT2D eigenvalue weighted by molar-refractivity contribution is 0.0639. The van der Waals surface area contributed by atoms with Gasteiger partial charge in [-0.2, -0.15) is 0 Å². The highest BCUT2D eigenvalue weighted by Crippen LogP contribution is 2.02. The molecule has 0 unspecified atom stereocenters. The van der Waals surface area contributed by atoms with E-state index in [1.54, 1.807) is 0 Å². The molecule has 0 amide bonds. The summed E-state index contributed by atoms with van der Waals surface area (Å²) in [5, 5.41) is 3.33. The molecule has 4 heteroatoms. The van der Waals surface area contributed by atoms with Crippen LogP contribution in [0.3, 0.4) is 0 Å². The Labute approximate surface area is 114 Å². The fourth-order valence-electron chi connectivity index (χ4n) is 1.80. The molecule has 0 spiro atoms. The molecule has 1 N–H and O–H groups in total. The van der Waals surface area contributed by atoms with Crippen LogP contribution in [0.2, 0.25) is 0 Å². The molecule has 0 bridgehead atoms. The van der Waals surface area contributed by atoms with Crippen LogP contribution in [0.4, 0.5) is 0 Å². The van der Waals surface area contributed by atoms with Crippen LogP contribution >= 0.6 is 0 Å². The van der Waals surface area contributed by atoms with E-state index in [1.807, 2.05) is 35.3 Å². The van der Waals surface area contributed by atoms with Crippen molar-refractivity contribution in [3.8, 4) is 0 Å². The highest BCUT2D eigenvalue weighted by atomic mass is 16.5. The summed E-state index contributed by atoms with van der Waals surface area (Å²) in [4.78, 5) is 4.33. The summed E-state index contributed by atoms with van der Waals surface area (Å²) in [7, 11) is 0. The molecule has 0 saturated heterocycles. The molecule has 102 valence electrons. The minimum Gasteiger partial charge on any atom is -0.356 e. The van der Waals surface area contributed by atoms with E-state index < -0.39 is 0 Å². The summed E-state index contributed by atoms with van der Waals surface area (Å²) in [6.45, 7) is 5.16. The van der Waals surface area contributed by atoms with Crippen LogP contribution in [-0.4, -0.2) is 16.1 Å². The zero-order chi connectivity index (χ0) is 13.3. The Morgan fingerprint density at radius 2 is 2.11 bits per heavy atom. The van der Waals surface area contributed by atoms with Crippen molar-refractivity contribution in [1.29, 1.82) is 0 Å². The van der Waals surface area contributed by atoms with Crippen molar-refractivity contribution in [3.05, 3.63) is 54.1 Å². The first-order valence-electron chi connectivity index (χ1n) is 6.71. The van der Waals surface area contributed by atoms with Crippen LogP contribution in [0.5, 0.6) is 0 Å². The van der Waals surface area contributed by atoms with E-state index in [9.17, 15) is 0 Å². The first-order chi connectivity index (χ1) is 9.38. The van der Waals surface area contributed by atoms with Gasteiger partial charge in [-0.15, -0.1) is 0 Å². The van der Waals surface area contributed by atoms with Crippen molar-refractivity contribution in [2.45, 2.75) is 33.2 Å². The number of imidazole rings is 1. The molecule has 4 nitrogen and oxygen atoms in total. The number of rotatable bonds is 8. The molecule has 0 saturated carbocycles. The third-order valence-electron chi connectivity index (χ3n) is 2.77. The first-order valence-corrected chi connectivity index (χ1v) is 6.71. The van der Waals surface area contributed by atoms with E-state index in [-0.39, 0.29) is 0 Å². The molecular weight excluding hydrogens is 238 g/mol. The SMILES string of the molecule is CCCNCc1cn(COCc2ccccc2)cn1. The summed E-state index contributed by atoms with van der Waals surface area (Å²) in [5.41, 5.74) is 2.24. The lowest BCUT2D eigenvalue weighted by Gasteiger charge is -2.04. The van der Waals surface area contributed by atoms with Crippen LogP contribution in [0.1, 0.15) is 24.6 Å². The van der Waals surface area contributed by atoms with Gasteiger partial charge < -0.3 is 14.6 Å². The minimum absolute atomic E-state index is 0.537. The van der Waals surface area contributed by atoms with Gasteiger partial charge in [0.1, 0.15) is 6.73 Å². The molecule has 0 aliphatic rings. The molecule has 2 rings (SSSR count). The van der Waals surface area contributed by atoms with Gasteiger partial charge in [0.2, 0.25) is 0 Å². The molecule has 2 aromatic rings. The van der Waals surface area contributed by atoms with E-state index in [0.29, 0.717) is 13.3 Å². The van der Waals surface area contributed by atoms with Crippen LogP contribution in [-0.2, 0) is 24.6 Å². The predicted molar refractivity (Wildman–Crippen MR) is 75.5 cm³/mol. The summed E-state index contributed by atoms with van der Waals surface area (Å²) < 4.78 is 7.61. The summed E-state index contributed by atoms with van der Waals surface area (Å²) in [5.74, 6) is 0. The summed E-state index contributed by atoms with van der Waals surface area (Å²) in [6.07, 6.45) is 4.97. The van der Waals surface area contributed by atoms with Crippen molar-refractivity contribution in [1.82, 2.24) is 14.9 Å². The fourth-order valence-corrected chi connectivity index (χ4v) is 1.80. The maximum Gasteiger partial charge on any atom is 0.124 e. The molecule has 19 heavy (non-hydrogen) atoms.